The first-order chi connectivity index (χ1) is 8.39. The summed E-state index contributed by atoms with van der Waals surface area (Å²) >= 11 is 0. The first-order valence-corrected chi connectivity index (χ1v) is 7.54. The molecule has 0 aromatic carbocycles. The topological polar surface area (TPSA) is 97.1 Å². The van der Waals surface area contributed by atoms with E-state index in [9.17, 15) is 8.42 Å². The molecule has 0 aliphatic carbocycles. The van der Waals surface area contributed by atoms with Crippen LogP contribution in [0.15, 0.2) is 4.52 Å². The van der Waals surface area contributed by atoms with Crippen LogP contribution in [0.4, 0.5) is 0 Å². The summed E-state index contributed by atoms with van der Waals surface area (Å²) in [5.74, 6) is 1.05. The van der Waals surface area contributed by atoms with Crippen molar-refractivity contribution in [3.8, 4) is 0 Å². The zero-order valence-electron chi connectivity index (χ0n) is 10.9. The molecule has 0 bridgehead atoms. The first kappa shape index (κ1) is 15.1. The highest BCUT2D eigenvalue weighted by Gasteiger charge is 2.10. The van der Waals surface area contributed by atoms with E-state index in [1.807, 2.05) is 13.8 Å². The van der Waals surface area contributed by atoms with E-state index in [0.29, 0.717) is 24.7 Å². The maximum Gasteiger partial charge on any atom is 0.227 e. The SMILES string of the molecule is Cc1noc(CCNS(=O)(=O)CCNC(C)C)n1. The normalized spacial score (nSPS) is 12.2. The summed E-state index contributed by atoms with van der Waals surface area (Å²) in [4.78, 5) is 3.99. The van der Waals surface area contributed by atoms with Crippen molar-refractivity contribution in [2.24, 2.45) is 0 Å². The first-order valence-electron chi connectivity index (χ1n) is 5.89. The van der Waals surface area contributed by atoms with Crippen molar-refractivity contribution in [1.82, 2.24) is 20.2 Å². The molecule has 0 aliphatic heterocycles. The van der Waals surface area contributed by atoms with Gasteiger partial charge in [0.2, 0.25) is 15.9 Å². The zero-order valence-corrected chi connectivity index (χ0v) is 11.7. The van der Waals surface area contributed by atoms with Gasteiger partial charge in [-0.2, -0.15) is 4.98 Å². The van der Waals surface area contributed by atoms with Gasteiger partial charge < -0.3 is 9.84 Å². The fourth-order valence-electron chi connectivity index (χ4n) is 1.31. The predicted octanol–water partition coefficient (Wildman–Crippen LogP) is -0.162. The Kier molecular flexibility index (Phi) is 5.70. The van der Waals surface area contributed by atoms with Crippen LogP contribution in [-0.4, -0.2) is 43.4 Å². The fraction of sp³-hybridized carbons (Fsp3) is 0.800. The number of hydrogen-bond acceptors (Lipinski definition) is 6. The van der Waals surface area contributed by atoms with Crippen molar-refractivity contribution >= 4 is 10.0 Å². The van der Waals surface area contributed by atoms with Crippen LogP contribution in [0.25, 0.3) is 0 Å². The summed E-state index contributed by atoms with van der Waals surface area (Å²) in [6.07, 6.45) is 0.400. The lowest BCUT2D eigenvalue weighted by molar-refractivity contribution is 0.375. The molecule has 0 amide bonds. The van der Waals surface area contributed by atoms with E-state index >= 15 is 0 Å². The molecular weight excluding hydrogens is 256 g/mol. The second-order valence-corrected chi connectivity index (χ2v) is 6.23. The quantitative estimate of drug-likeness (QED) is 0.684. The third-order valence-electron chi connectivity index (χ3n) is 2.15. The van der Waals surface area contributed by atoms with Crippen LogP contribution < -0.4 is 10.0 Å². The van der Waals surface area contributed by atoms with E-state index in [2.05, 4.69) is 20.2 Å². The molecule has 8 heteroatoms. The monoisotopic (exact) mass is 276 g/mol. The Bertz CT molecular complexity index is 455. The number of hydrogen-bond donors (Lipinski definition) is 2. The number of nitrogens with zero attached hydrogens (tertiary/aromatic N) is 2. The summed E-state index contributed by atoms with van der Waals surface area (Å²) < 4.78 is 30.6. The van der Waals surface area contributed by atoms with Crippen molar-refractivity contribution in [1.29, 1.82) is 0 Å². The number of rotatable bonds is 8. The zero-order chi connectivity index (χ0) is 13.6. The Labute approximate surface area is 107 Å². The molecule has 1 rings (SSSR count). The van der Waals surface area contributed by atoms with Gasteiger partial charge in [-0.1, -0.05) is 19.0 Å². The Morgan fingerprint density at radius 2 is 2.06 bits per heavy atom. The molecule has 1 aromatic rings. The lowest BCUT2D eigenvalue weighted by Gasteiger charge is -2.08. The minimum atomic E-state index is -3.24. The average Bonchev–Trinajstić information content (AvgIpc) is 2.63. The molecule has 0 saturated carbocycles. The molecule has 1 heterocycles. The number of aryl methyl sites for hydroxylation is 1. The Balaban J connectivity index is 2.25. The molecular formula is C10H20N4O3S. The molecule has 18 heavy (non-hydrogen) atoms. The van der Waals surface area contributed by atoms with E-state index in [-0.39, 0.29) is 18.3 Å². The van der Waals surface area contributed by atoms with E-state index in [4.69, 9.17) is 4.52 Å². The standard InChI is InChI=1S/C10H20N4O3S/c1-8(2)11-6-7-18(15,16)12-5-4-10-13-9(3)14-17-10/h8,11-12H,4-7H2,1-3H3. The van der Waals surface area contributed by atoms with Gasteiger partial charge in [0.05, 0.1) is 5.75 Å². The average molecular weight is 276 g/mol. The van der Waals surface area contributed by atoms with E-state index in [1.54, 1.807) is 6.92 Å². The van der Waals surface area contributed by atoms with Crippen LogP contribution >= 0.6 is 0 Å². The molecule has 104 valence electrons. The number of sulfonamides is 1. The fourth-order valence-corrected chi connectivity index (χ4v) is 2.25. The molecule has 0 atom stereocenters. The van der Waals surface area contributed by atoms with Crippen molar-refractivity contribution in [2.75, 3.05) is 18.8 Å². The molecule has 0 fully saturated rings. The summed E-state index contributed by atoms with van der Waals surface area (Å²) in [5.41, 5.74) is 0. The molecule has 0 aliphatic rings. The number of aromatic nitrogens is 2. The van der Waals surface area contributed by atoms with E-state index in [0.717, 1.165) is 0 Å². The van der Waals surface area contributed by atoms with E-state index in [1.165, 1.54) is 0 Å². The third-order valence-corrected chi connectivity index (χ3v) is 3.54. The lowest BCUT2D eigenvalue weighted by Crippen LogP contribution is -2.35. The van der Waals surface area contributed by atoms with Gasteiger partial charge in [0.1, 0.15) is 0 Å². The minimum absolute atomic E-state index is 0.0635. The maximum absolute atomic E-state index is 11.6. The summed E-state index contributed by atoms with van der Waals surface area (Å²) in [6, 6.07) is 0.279. The van der Waals surface area contributed by atoms with E-state index < -0.39 is 10.0 Å². The summed E-state index contributed by atoms with van der Waals surface area (Å²) in [6.45, 7) is 6.36. The summed E-state index contributed by atoms with van der Waals surface area (Å²) in [7, 11) is -3.24. The van der Waals surface area contributed by atoms with Gasteiger partial charge in [-0.3, -0.25) is 0 Å². The van der Waals surface area contributed by atoms with Gasteiger partial charge in [0.15, 0.2) is 5.82 Å². The second-order valence-electron chi connectivity index (χ2n) is 4.31. The predicted molar refractivity (Wildman–Crippen MR) is 67.7 cm³/mol. The highest BCUT2D eigenvalue weighted by atomic mass is 32.2. The van der Waals surface area contributed by atoms with Gasteiger partial charge in [-0.05, 0) is 6.92 Å². The van der Waals surface area contributed by atoms with Crippen LogP contribution in [-0.2, 0) is 16.4 Å². The Morgan fingerprint density at radius 3 is 2.61 bits per heavy atom. The molecule has 0 spiro atoms. The second kappa shape index (κ2) is 6.81. The molecule has 0 saturated heterocycles. The van der Waals surface area contributed by atoms with Crippen molar-refractivity contribution in [2.45, 2.75) is 33.2 Å². The van der Waals surface area contributed by atoms with Crippen LogP contribution in [0.5, 0.6) is 0 Å². The lowest BCUT2D eigenvalue weighted by atomic mass is 10.4. The van der Waals surface area contributed by atoms with Crippen molar-refractivity contribution < 1.29 is 12.9 Å². The Hall–Kier alpha value is -0.990. The van der Waals surface area contributed by atoms with Gasteiger partial charge >= 0.3 is 0 Å². The minimum Gasteiger partial charge on any atom is -0.339 e. The van der Waals surface area contributed by atoms with Gasteiger partial charge in [0, 0.05) is 25.6 Å². The molecule has 2 N–H and O–H groups in total. The third kappa shape index (κ3) is 6.08. The van der Waals surface area contributed by atoms with Crippen LogP contribution in [0.3, 0.4) is 0 Å². The van der Waals surface area contributed by atoms with Crippen LogP contribution in [0.1, 0.15) is 25.6 Å². The van der Waals surface area contributed by atoms with Crippen molar-refractivity contribution in [3.63, 3.8) is 0 Å². The van der Waals surface area contributed by atoms with Crippen molar-refractivity contribution in [3.05, 3.63) is 11.7 Å². The van der Waals surface area contributed by atoms with Gasteiger partial charge in [-0.25, -0.2) is 13.1 Å². The smallest absolute Gasteiger partial charge is 0.227 e. The molecule has 7 nitrogen and oxygen atoms in total. The van der Waals surface area contributed by atoms with Crippen LogP contribution in [0, 0.1) is 6.92 Å². The number of nitrogens with one attached hydrogen (secondary N) is 2. The van der Waals surface area contributed by atoms with Crippen LogP contribution in [0.2, 0.25) is 0 Å². The molecule has 1 aromatic heterocycles. The highest BCUT2D eigenvalue weighted by molar-refractivity contribution is 7.89. The van der Waals surface area contributed by atoms with Gasteiger partial charge in [-0.15, -0.1) is 0 Å². The summed E-state index contributed by atoms with van der Waals surface area (Å²) in [5, 5.41) is 6.68. The Morgan fingerprint density at radius 1 is 1.33 bits per heavy atom. The molecule has 0 unspecified atom stereocenters. The highest BCUT2D eigenvalue weighted by Crippen LogP contribution is 1.96. The largest absolute Gasteiger partial charge is 0.339 e. The van der Waals surface area contributed by atoms with Gasteiger partial charge in [0.25, 0.3) is 0 Å². The molecule has 0 radical (unpaired) electrons. The maximum atomic E-state index is 11.6.